The van der Waals surface area contributed by atoms with Crippen LogP contribution in [0.5, 0.6) is 0 Å². The van der Waals surface area contributed by atoms with Crippen LogP contribution in [0.15, 0.2) is 18.2 Å². The Hall–Kier alpha value is -1.33. The summed E-state index contributed by atoms with van der Waals surface area (Å²) in [5.74, 6) is 0. The number of nitrogens with zero attached hydrogens (tertiary/aromatic N) is 2. The van der Waals surface area contributed by atoms with Crippen molar-refractivity contribution >= 4 is 23.6 Å². The first-order chi connectivity index (χ1) is 9.21. The molecule has 3 rings (SSSR count). The quantitative estimate of drug-likeness (QED) is 0.746. The Kier molecular flexibility index (Phi) is 2.79. The van der Waals surface area contributed by atoms with Gasteiger partial charge in [0, 0.05) is 12.4 Å². The molecular formula is C15H21BN2O2. The molecule has 1 aliphatic heterocycles. The second-order valence-corrected chi connectivity index (χ2v) is 6.62. The fraction of sp³-hybridized carbons (Fsp3) is 0.533. The monoisotopic (exact) mass is 272 g/mol. The average molecular weight is 272 g/mol. The van der Waals surface area contributed by atoms with Crippen LogP contribution in [0.2, 0.25) is 0 Å². The van der Waals surface area contributed by atoms with Gasteiger partial charge in [0.05, 0.1) is 16.7 Å². The van der Waals surface area contributed by atoms with E-state index in [1.165, 1.54) is 5.56 Å². The molecule has 2 aromatic rings. The predicted molar refractivity (Wildman–Crippen MR) is 81.2 cm³/mol. The highest BCUT2D eigenvalue weighted by Crippen LogP contribution is 2.36. The number of rotatable bonds is 1. The molecule has 5 heteroatoms. The SMILES string of the molecule is Cc1ccc2c(B3OC(C)(C)C(C)(C)O3)nn(C)c2c1. The number of benzene rings is 1. The molecule has 2 heterocycles. The summed E-state index contributed by atoms with van der Waals surface area (Å²) in [6, 6.07) is 6.33. The average Bonchev–Trinajstić information content (AvgIpc) is 2.75. The molecule has 4 nitrogen and oxygen atoms in total. The lowest BCUT2D eigenvalue weighted by Crippen LogP contribution is -2.41. The normalized spacial score (nSPS) is 20.8. The van der Waals surface area contributed by atoms with E-state index in [-0.39, 0.29) is 11.2 Å². The Labute approximate surface area is 120 Å². The Morgan fingerprint density at radius 3 is 2.30 bits per heavy atom. The molecule has 20 heavy (non-hydrogen) atoms. The zero-order valence-corrected chi connectivity index (χ0v) is 13.0. The molecule has 0 atom stereocenters. The van der Waals surface area contributed by atoms with Crippen LogP contribution >= 0.6 is 0 Å². The Morgan fingerprint density at radius 2 is 1.70 bits per heavy atom. The van der Waals surface area contributed by atoms with Crippen molar-refractivity contribution in [2.24, 2.45) is 7.05 Å². The molecule has 0 spiro atoms. The molecule has 0 saturated carbocycles. The number of aromatic nitrogens is 2. The summed E-state index contributed by atoms with van der Waals surface area (Å²) < 4.78 is 14.1. The van der Waals surface area contributed by atoms with Crippen LogP contribution in [0, 0.1) is 6.92 Å². The lowest BCUT2D eigenvalue weighted by molar-refractivity contribution is 0.00578. The van der Waals surface area contributed by atoms with Crippen molar-refractivity contribution < 1.29 is 9.31 Å². The van der Waals surface area contributed by atoms with Crippen LogP contribution in [0.4, 0.5) is 0 Å². The smallest absolute Gasteiger partial charge is 0.398 e. The van der Waals surface area contributed by atoms with E-state index in [4.69, 9.17) is 9.31 Å². The molecular weight excluding hydrogens is 251 g/mol. The van der Waals surface area contributed by atoms with E-state index in [1.807, 2.05) is 11.7 Å². The summed E-state index contributed by atoms with van der Waals surface area (Å²) in [7, 11) is 1.54. The van der Waals surface area contributed by atoms with Crippen molar-refractivity contribution in [2.75, 3.05) is 0 Å². The third-order valence-corrected chi connectivity index (χ3v) is 4.51. The minimum absolute atomic E-state index is 0.341. The maximum Gasteiger partial charge on any atom is 0.517 e. The van der Waals surface area contributed by atoms with Crippen LogP contribution in [0.25, 0.3) is 10.9 Å². The van der Waals surface area contributed by atoms with Crippen LogP contribution in [-0.2, 0) is 16.4 Å². The van der Waals surface area contributed by atoms with Gasteiger partial charge < -0.3 is 9.31 Å². The molecule has 1 aromatic heterocycles. The largest absolute Gasteiger partial charge is 0.517 e. The molecule has 1 fully saturated rings. The maximum absolute atomic E-state index is 6.10. The molecule has 106 valence electrons. The molecule has 1 aromatic carbocycles. The third kappa shape index (κ3) is 1.88. The molecule has 0 unspecified atom stereocenters. The zero-order chi connectivity index (χ0) is 14.7. The van der Waals surface area contributed by atoms with E-state index >= 15 is 0 Å². The number of hydrogen-bond donors (Lipinski definition) is 0. The highest BCUT2D eigenvalue weighted by atomic mass is 16.7. The first-order valence-electron chi connectivity index (χ1n) is 7.00. The van der Waals surface area contributed by atoms with E-state index in [1.54, 1.807) is 0 Å². The minimum atomic E-state index is -0.411. The van der Waals surface area contributed by atoms with Gasteiger partial charge in [-0.05, 0) is 46.2 Å². The first kappa shape index (κ1) is 13.6. The lowest BCUT2D eigenvalue weighted by Gasteiger charge is -2.32. The minimum Gasteiger partial charge on any atom is -0.398 e. The van der Waals surface area contributed by atoms with E-state index < -0.39 is 7.12 Å². The first-order valence-corrected chi connectivity index (χ1v) is 7.00. The summed E-state index contributed by atoms with van der Waals surface area (Å²) in [5, 5.41) is 5.70. The number of fused-ring (bicyclic) bond motifs is 1. The lowest BCUT2D eigenvalue weighted by atomic mass is 9.82. The van der Waals surface area contributed by atoms with Crippen molar-refractivity contribution in [1.82, 2.24) is 9.78 Å². The van der Waals surface area contributed by atoms with Gasteiger partial charge >= 0.3 is 7.12 Å². The van der Waals surface area contributed by atoms with E-state index in [0.29, 0.717) is 0 Å². The van der Waals surface area contributed by atoms with Gasteiger partial charge in [0.15, 0.2) is 0 Å². The van der Waals surface area contributed by atoms with Gasteiger partial charge in [-0.2, -0.15) is 5.10 Å². The van der Waals surface area contributed by atoms with Gasteiger partial charge in [0.1, 0.15) is 5.59 Å². The van der Waals surface area contributed by atoms with Crippen LogP contribution in [0.1, 0.15) is 33.3 Å². The molecule has 0 amide bonds. The van der Waals surface area contributed by atoms with Crippen molar-refractivity contribution in [3.63, 3.8) is 0 Å². The standard InChI is InChI=1S/C15H21BN2O2/c1-10-7-8-11-12(9-10)18(6)17-13(11)16-19-14(2,3)15(4,5)20-16/h7-9H,1-6H3. The Balaban J connectivity index is 2.09. The molecule has 0 bridgehead atoms. The van der Waals surface area contributed by atoms with E-state index in [2.05, 4.69) is 57.9 Å². The van der Waals surface area contributed by atoms with Gasteiger partial charge in [-0.25, -0.2) is 0 Å². The van der Waals surface area contributed by atoms with E-state index in [0.717, 1.165) is 16.5 Å². The topological polar surface area (TPSA) is 36.3 Å². The van der Waals surface area contributed by atoms with Gasteiger partial charge in [0.25, 0.3) is 0 Å². The van der Waals surface area contributed by atoms with Crippen molar-refractivity contribution in [2.45, 2.75) is 45.8 Å². The zero-order valence-electron chi connectivity index (χ0n) is 13.0. The summed E-state index contributed by atoms with van der Waals surface area (Å²) in [5.41, 5.74) is 2.51. The fourth-order valence-electron chi connectivity index (χ4n) is 2.52. The second-order valence-electron chi connectivity index (χ2n) is 6.62. The van der Waals surface area contributed by atoms with Gasteiger partial charge in [0.2, 0.25) is 0 Å². The molecule has 0 N–H and O–H groups in total. The molecule has 0 radical (unpaired) electrons. The summed E-state index contributed by atoms with van der Waals surface area (Å²) >= 11 is 0. The predicted octanol–water partition coefficient (Wildman–Crippen LogP) is 2.18. The van der Waals surface area contributed by atoms with Gasteiger partial charge in [-0.15, -0.1) is 0 Å². The van der Waals surface area contributed by atoms with Crippen molar-refractivity contribution in [1.29, 1.82) is 0 Å². The second kappa shape index (κ2) is 4.09. The van der Waals surface area contributed by atoms with Gasteiger partial charge in [-0.1, -0.05) is 12.1 Å². The highest BCUT2D eigenvalue weighted by Gasteiger charge is 2.53. The van der Waals surface area contributed by atoms with Crippen LogP contribution in [-0.4, -0.2) is 28.1 Å². The molecule has 1 aliphatic rings. The van der Waals surface area contributed by atoms with Crippen molar-refractivity contribution in [3.05, 3.63) is 23.8 Å². The Morgan fingerprint density at radius 1 is 1.10 bits per heavy atom. The highest BCUT2D eigenvalue weighted by molar-refractivity contribution is 6.64. The summed E-state index contributed by atoms with van der Waals surface area (Å²) in [6.07, 6.45) is 0. The summed E-state index contributed by atoms with van der Waals surface area (Å²) in [4.78, 5) is 0. The van der Waals surface area contributed by atoms with Crippen LogP contribution < -0.4 is 5.59 Å². The van der Waals surface area contributed by atoms with Gasteiger partial charge in [-0.3, -0.25) is 4.68 Å². The van der Waals surface area contributed by atoms with E-state index in [9.17, 15) is 0 Å². The number of aryl methyl sites for hydroxylation is 2. The fourth-order valence-corrected chi connectivity index (χ4v) is 2.52. The maximum atomic E-state index is 6.10. The number of hydrogen-bond acceptors (Lipinski definition) is 3. The Bertz CT molecular complexity index is 660. The molecule has 1 saturated heterocycles. The van der Waals surface area contributed by atoms with Crippen molar-refractivity contribution in [3.8, 4) is 0 Å². The third-order valence-electron chi connectivity index (χ3n) is 4.51. The molecule has 0 aliphatic carbocycles. The summed E-state index contributed by atoms with van der Waals surface area (Å²) in [6.45, 7) is 10.3. The van der Waals surface area contributed by atoms with Crippen LogP contribution in [0.3, 0.4) is 0 Å².